The number of carboxylic acid groups (broad SMARTS) is 1. The van der Waals surface area contributed by atoms with Crippen LogP contribution in [0, 0.1) is 10.8 Å². The lowest BCUT2D eigenvalue weighted by Crippen LogP contribution is -2.45. The fourth-order valence-electron chi connectivity index (χ4n) is 3.91. The van der Waals surface area contributed by atoms with E-state index >= 15 is 0 Å². The summed E-state index contributed by atoms with van der Waals surface area (Å²) in [4.78, 5) is 28.6. The Kier molecular flexibility index (Phi) is 2.40. The van der Waals surface area contributed by atoms with Gasteiger partial charge in [0.05, 0.1) is 5.52 Å². The highest BCUT2D eigenvalue weighted by molar-refractivity contribution is 6.04. The van der Waals surface area contributed by atoms with E-state index in [2.05, 4.69) is 18.8 Å². The van der Waals surface area contributed by atoms with E-state index in [1.54, 1.807) is 6.07 Å². The molecule has 1 saturated heterocycles. The normalized spacial score (nSPS) is 30.4. The van der Waals surface area contributed by atoms with Crippen molar-refractivity contribution < 1.29 is 19.1 Å². The zero-order valence-corrected chi connectivity index (χ0v) is 12.6. The molecule has 2 aliphatic rings. The fraction of sp³-hybridized carbons (Fsp3) is 0.500. The molecule has 4 rings (SSSR count). The van der Waals surface area contributed by atoms with Crippen LogP contribution in [0.1, 0.15) is 47.5 Å². The molecule has 1 amide bonds. The molecule has 0 radical (unpaired) electrons. The van der Waals surface area contributed by atoms with E-state index in [0.717, 1.165) is 25.9 Å². The summed E-state index contributed by atoms with van der Waals surface area (Å²) in [6, 6.07) is 1.59. The molecule has 6 nitrogen and oxygen atoms in total. The first-order valence-corrected chi connectivity index (χ1v) is 7.46. The number of likely N-dealkylation sites (tertiary alicyclic amines) is 1. The van der Waals surface area contributed by atoms with Crippen molar-refractivity contribution in [2.45, 2.75) is 26.7 Å². The van der Waals surface area contributed by atoms with Crippen molar-refractivity contribution in [3.8, 4) is 0 Å². The molecule has 6 heteroatoms. The van der Waals surface area contributed by atoms with Crippen molar-refractivity contribution in [2.75, 3.05) is 13.1 Å². The molecule has 1 aliphatic heterocycles. The number of hydrogen-bond donors (Lipinski definition) is 2. The molecule has 2 aromatic heterocycles. The predicted molar refractivity (Wildman–Crippen MR) is 78.9 cm³/mol. The van der Waals surface area contributed by atoms with Gasteiger partial charge in [0.25, 0.3) is 5.91 Å². The van der Waals surface area contributed by atoms with Gasteiger partial charge in [-0.25, -0.2) is 4.79 Å². The van der Waals surface area contributed by atoms with Gasteiger partial charge < -0.3 is 19.4 Å². The molecule has 116 valence electrons. The standard InChI is InChI=1S/C16H18N2O4/c1-15-3-4-16(15,2)8-18(7-15)13(19)10-5-11-12(17-10)9(6-22-11)14(20)21/h5-6,17H,3-4,7-8H2,1-2H3,(H,20,21)/t15-,16+. The second-order valence-corrected chi connectivity index (χ2v) is 7.16. The average molecular weight is 302 g/mol. The van der Waals surface area contributed by atoms with Gasteiger partial charge in [0.1, 0.15) is 17.5 Å². The number of furan rings is 1. The number of carboxylic acids is 1. The maximum Gasteiger partial charge on any atom is 0.341 e. The van der Waals surface area contributed by atoms with Crippen molar-refractivity contribution in [3.63, 3.8) is 0 Å². The summed E-state index contributed by atoms with van der Waals surface area (Å²) in [5.74, 6) is -1.15. The zero-order chi connectivity index (χ0) is 15.7. The first-order valence-electron chi connectivity index (χ1n) is 7.46. The van der Waals surface area contributed by atoms with E-state index in [9.17, 15) is 9.59 Å². The highest BCUT2D eigenvalue weighted by Gasteiger charge is 2.59. The topological polar surface area (TPSA) is 86.5 Å². The third kappa shape index (κ3) is 1.55. The third-order valence-electron chi connectivity index (χ3n) is 5.87. The zero-order valence-electron chi connectivity index (χ0n) is 12.6. The maximum atomic E-state index is 12.7. The Hall–Kier alpha value is -2.24. The molecule has 2 aromatic rings. The smallest absolute Gasteiger partial charge is 0.341 e. The molecular formula is C16H18N2O4. The molecule has 3 heterocycles. The van der Waals surface area contributed by atoms with Crippen LogP contribution in [0.4, 0.5) is 0 Å². The SMILES string of the molecule is C[C@@]12CC[C@]1(C)CN(C(=O)c1cc3occ(C(=O)O)c3[nH]1)C2. The van der Waals surface area contributed by atoms with Crippen LogP contribution in [0.2, 0.25) is 0 Å². The van der Waals surface area contributed by atoms with Crippen molar-refractivity contribution in [2.24, 2.45) is 10.8 Å². The average Bonchev–Trinajstić information content (AvgIpc) is 3.07. The fourth-order valence-corrected chi connectivity index (χ4v) is 3.91. The summed E-state index contributed by atoms with van der Waals surface area (Å²) < 4.78 is 5.22. The van der Waals surface area contributed by atoms with Crippen LogP contribution in [0.25, 0.3) is 11.1 Å². The van der Waals surface area contributed by atoms with E-state index < -0.39 is 5.97 Å². The highest BCUT2D eigenvalue weighted by atomic mass is 16.4. The minimum atomic E-state index is -1.07. The Morgan fingerprint density at radius 2 is 1.91 bits per heavy atom. The van der Waals surface area contributed by atoms with E-state index in [1.807, 2.05) is 4.90 Å². The Morgan fingerprint density at radius 3 is 2.45 bits per heavy atom. The first kappa shape index (κ1) is 13.4. The third-order valence-corrected chi connectivity index (χ3v) is 5.87. The number of carbonyl (C=O) groups is 2. The van der Waals surface area contributed by atoms with E-state index in [4.69, 9.17) is 9.52 Å². The molecule has 2 fully saturated rings. The number of amides is 1. The van der Waals surface area contributed by atoms with Crippen molar-refractivity contribution in [1.29, 1.82) is 0 Å². The molecule has 1 aliphatic carbocycles. The summed E-state index contributed by atoms with van der Waals surface area (Å²) in [6.45, 7) is 6.00. The number of aromatic nitrogens is 1. The Labute approximate surface area is 127 Å². The Morgan fingerprint density at radius 1 is 1.27 bits per heavy atom. The van der Waals surface area contributed by atoms with Crippen LogP contribution in [0.15, 0.2) is 16.7 Å². The number of aromatic carboxylic acids is 1. The van der Waals surface area contributed by atoms with Gasteiger partial charge in [-0.2, -0.15) is 0 Å². The van der Waals surface area contributed by atoms with Crippen molar-refractivity contribution in [3.05, 3.63) is 23.6 Å². The van der Waals surface area contributed by atoms with Crippen LogP contribution in [-0.4, -0.2) is 40.0 Å². The van der Waals surface area contributed by atoms with Gasteiger partial charge in [-0.3, -0.25) is 4.79 Å². The quantitative estimate of drug-likeness (QED) is 0.893. The number of carbonyl (C=O) groups excluding carboxylic acids is 1. The van der Waals surface area contributed by atoms with Crippen LogP contribution in [0.5, 0.6) is 0 Å². The van der Waals surface area contributed by atoms with E-state index in [1.165, 1.54) is 6.26 Å². The molecule has 2 atom stereocenters. The largest absolute Gasteiger partial charge is 0.477 e. The summed E-state index contributed by atoms with van der Waals surface area (Å²) in [7, 11) is 0. The molecule has 22 heavy (non-hydrogen) atoms. The molecule has 0 spiro atoms. The predicted octanol–water partition coefficient (Wildman–Crippen LogP) is 2.72. The molecule has 0 bridgehead atoms. The number of H-pyrrole nitrogens is 1. The van der Waals surface area contributed by atoms with Gasteiger partial charge in [0.15, 0.2) is 5.58 Å². The summed E-state index contributed by atoms with van der Waals surface area (Å²) >= 11 is 0. The van der Waals surface area contributed by atoms with Crippen molar-refractivity contribution in [1.82, 2.24) is 9.88 Å². The lowest BCUT2D eigenvalue weighted by molar-refractivity contribution is 0.00430. The minimum absolute atomic E-state index is 0.0504. The van der Waals surface area contributed by atoms with Crippen molar-refractivity contribution >= 4 is 23.0 Å². The number of rotatable bonds is 2. The second-order valence-electron chi connectivity index (χ2n) is 7.16. The Balaban J connectivity index is 1.65. The molecular weight excluding hydrogens is 284 g/mol. The van der Waals surface area contributed by atoms with E-state index in [-0.39, 0.29) is 22.3 Å². The Bertz CT molecular complexity index is 786. The molecule has 0 aromatic carbocycles. The van der Waals surface area contributed by atoms with Gasteiger partial charge in [-0.05, 0) is 23.7 Å². The number of hydrogen-bond acceptors (Lipinski definition) is 3. The van der Waals surface area contributed by atoms with Crippen LogP contribution in [0.3, 0.4) is 0 Å². The summed E-state index contributed by atoms with van der Waals surface area (Å²) in [5.41, 5.74) is 1.64. The monoisotopic (exact) mass is 302 g/mol. The second kappa shape index (κ2) is 3.94. The van der Waals surface area contributed by atoms with E-state index in [0.29, 0.717) is 16.8 Å². The molecule has 2 N–H and O–H groups in total. The number of nitrogens with one attached hydrogen (secondary N) is 1. The van der Waals surface area contributed by atoms with Gasteiger partial charge in [-0.1, -0.05) is 13.8 Å². The highest BCUT2D eigenvalue weighted by Crippen LogP contribution is 2.60. The summed E-state index contributed by atoms with van der Waals surface area (Å²) in [6.07, 6.45) is 3.50. The van der Waals surface area contributed by atoms with Gasteiger partial charge in [0.2, 0.25) is 0 Å². The minimum Gasteiger partial charge on any atom is -0.477 e. The van der Waals surface area contributed by atoms with Crippen LogP contribution >= 0.6 is 0 Å². The van der Waals surface area contributed by atoms with Gasteiger partial charge in [0, 0.05) is 19.2 Å². The lowest BCUT2D eigenvalue weighted by Gasteiger charge is -2.50. The van der Waals surface area contributed by atoms with Gasteiger partial charge >= 0.3 is 5.97 Å². The molecule has 0 unspecified atom stereocenters. The number of aromatic amines is 1. The molecule has 1 saturated carbocycles. The summed E-state index contributed by atoms with van der Waals surface area (Å²) in [5, 5.41) is 9.10. The van der Waals surface area contributed by atoms with Gasteiger partial charge in [-0.15, -0.1) is 0 Å². The van der Waals surface area contributed by atoms with Crippen LogP contribution in [-0.2, 0) is 0 Å². The lowest BCUT2D eigenvalue weighted by atomic mass is 9.53. The number of nitrogens with zero attached hydrogens (tertiary/aromatic N) is 1. The first-order chi connectivity index (χ1) is 10.3. The maximum absolute atomic E-state index is 12.7. The van der Waals surface area contributed by atoms with Crippen LogP contribution < -0.4 is 0 Å². The number of fused-ring (bicyclic) bond motifs is 2.